The fourth-order valence-electron chi connectivity index (χ4n) is 4.74. The SMILES string of the molecule is C=C[C@@H]1C[C@]1(NC(=O)C1CC(OC(=O)N2Cc3cccc(Cl)c3C2)CN1)C(=O)NS(=O)(=O)C1CC1. The number of hydrogen-bond acceptors (Lipinski definition) is 7. The molecule has 0 radical (unpaired) electrons. The van der Waals surface area contributed by atoms with Gasteiger partial charge in [0.1, 0.15) is 11.6 Å². The third-order valence-corrected chi connectivity index (χ3v) is 9.28. The Labute approximate surface area is 208 Å². The van der Waals surface area contributed by atoms with Gasteiger partial charge in [0.25, 0.3) is 5.91 Å². The van der Waals surface area contributed by atoms with Crippen LogP contribution in [0.4, 0.5) is 4.79 Å². The van der Waals surface area contributed by atoms with Gasteiger partial charge in [0, 0.05) is 30.5 Å². The van der Waals surface area contributed by atoms with Gasteiger partial charge in [0.15, 0.2) is 0 Å². The molecule has 1 aromatic rings. The van der Waals surface area contributed by atoms with E-state index < -0.39 is 50.9 Å². The van der Waals surface area contributed by atoms with Gasteiger partial charge in [0.2, 0.25) is 15.9 Å². The van der Waals surface area contributed by atoms with Gasteiger partial charge in [0.05, 0.1) is 17.8 Å². The van der Waals surface area contributed by atoms with Gasteiger partial charge < -0.3 is 15.4 Å². The Kier molecular flexibility index (Phi) is 6.05. The lowest BCUT2D eigenvalue weighted by molar-refractivity contribution is -0.130. The van der Waals surface area contributed by atoms with Gasteiger partial charge in [-0.3, -0.25) is 19.2 Å². The lowest BCUT2D eigenvalue weighted by Crippen LogP contribution is -2.55. The average molecular weight is 523 g/mol. The molecule has 0 bridgehead atoms. The number of amides is 3. The molecule has 2 aliphatic heterocycles. The summed E-state index contributed by atoms with van der Waals surface area (Å²) in [6.45, 7) is 4.74. The minimum absolute atomic E-state index is 0.232. The largest absolute Gasteiger partial charge is 0.445 e. The molecule has 4 aliphatic rings. The first-order valence-corrected chi connectivity index (χ1v) is 13.5. The number of nitrogens with zero attached hydrogens (tertiary/aromatic N) is 1. The first-order chi connectivity index (χ1) is 16.6. The highest BCUT2D eigenvalue weighted by molar-refractivity contribution is 7.91. The molecule has 2 aliphatic carbocycles. The van der Waals surface area contributed by atoms with E-state index in [1.807, 2.05) is 12.1 Å². The Balaban J connectivity index is 1.15. The van der Waals surface area contributed by atoms with Crippen molar-refractivity contribution in [1.82, 2.24) is 20.3 Å². The van der Waals surface area contributed by atoms with E-state index >= 15 is 0 Å². The van der Waals surface area contributed by atoms with Crippen LogP contribution in [0.15, 0.2) is 30.9 Å². The van der Waals surface area contributed by atoms with Crippen LogP contribution >= 0.6 is 11.6 Å². The number of hydrogen-bond donors (Lipinski definition) is 3. The average Bonchev–Trinajstić information content (AvgIpc) is 3.69. The summed E-state index contributed by atoms with van der Waals surface area (Å²) in [6.07, 6.45) is 2.08. The van der Waals surface area contributed by atoms with E-state index in [0.29, 0.717) is 31.0 Å². The Morgan fingerprint density at radius 3 is 2.69 bits per heavy atom. The second kappa shape index (κ2) is 8.79. The fraction of sp³-hybridized carbons (Fsp3) is 0.522. The molecule has 5 rings (SSSR count). The van der Waals surface area contributed by atoms with Crippen LogP contribution < -0.4 is 15.4 Å². The van der Waals surface area contributed by atoms with Crippen molar-refractivity contribution in [1.29, 1.82) is 0 Å². The molecule has 188 valence electrons. The first kappa shape index (κ1) is 24.1. The van der Waals surface area contributed by atoms with Crippen molar-refractivity contribution in [3.05, 3.63) is 47.0 Å². The first-order valence-electron chi connectivity index (χ1n) is 11.6. The number of carbonyl (C=O) groups excluding carboxylic acids is 3. The Morgan fingerprint density at radius 1 is 1.26 bits per heavy atom. The number of ether oxygens (including phenoxy) is 1. The molecule has 2 unspecified atom stereocenters. The lowest BCUT2D eigenvalue weighted by Gasteiger charge is -2.21. The maximum Gasteiger partial charge on any atom is 0.410 e. The molecule has 0 aromatic heterocycles. The molecule has 2 saturated carbocycles. The van der Waals surface area contributed by atoms with Gasteiger partial charge in [-0.2, -0.15) is 0 Å². The van der Waals surface area contributed by atoms with Gasteiger partial charge in [-0.1, -0.05) is 29.8 Å². The van der Waals surface area contributed by atoms with Crippen LogP contribution in [0.25, 0.3) is 0 Å². The Bertz CT molecular complexity index is 1200. The van der Waals surface area contributed by atoms with Crippen LogP contribution in [0.1, 0.15) is 36.8 Å². The van der Waals surface area contributed by atoms with Gasteiger partial charge >= 0.3 is 6.09 Å². The molecule has 3 amide bonds. The highest BCUT2D eigenvalue weighted by Crippen LogP contribution is 2.45. The summed E-state index contributed by atoms with van der Waals surface area (Å²) in [5.41, 5.74) is 0.545. The molecule has 0 spiro atoms. The van der Waals surface area contributed by atoms with E-state index in [1.54, 1.807) is 11.0 Å². The van der Waals surface area contributed by atoms with Gasteiger partial charge in [-0.25, -0.2) is 13.2 Å². The van der Waals surface area contributed by atoms with Crippen molar-refractivity contribution in [3.8, 4) is 0 Å². The summed E-state index contributed by atoms with van der Waals surface area (Å²) < 4.78 is 32.2. The quantitative estimate of drug-likeness (QED) is 0.458. The van der Waals surface area contributed by atoms with E-state index in [0.717, 1.165) is 11.1 Å². The van der Waals surface area contributed by atoms with Crippen molar-refractivity contribution in [3.63, 3.8) is 0 Å². The molecule has 12 heteroatoms. The number of sulfonamides is 1. The second-order valence-electron chi connectivity index (χ2n) is 9.62. The third-order valence-electron chi connectivity index (χ3n) is 7.11. The molecule has 10 nitrogen and oxygen atoms in total. The summed E-state index contributed by atoms with van der Waals surface area (Å²) in [6, 6.07) is 4.85. The van der Waals surface area contributed by atoms with Gasteiger partial charge in [-0.05, 0) is 36.5 Å². The number of fused-ring (bicyclic) bond motifs is 1. The minimum Gasteiger partial charge on any atom is -0.445 e. The molecule has 3 fully saturated rings. The predicted molar refractivity (Wildman–Crippen MR) is 127 cm³/mol. The number of halogens is 1. The summed E-state index contributed by atoms with van der Waals surface area (Å²) in [5.74, 6) is -1.55. The summed E-state index contributed by atoms with van der Waals surface area (Å²) in [4.78, 5) is 40.0. The molecule has 3 N–H and O–H groups in total. The highest BCUT2D eigenvalue weighted by atomic mass is 35.5. The summed E-state index contributed by atoms with van der Waals surface area (Å²) in [7, 11) is -3.74. The van der Waals surface area contributed by atoms with Crippen molar-refractivity contribution in [2.24, 2.45) is 5.92 Å². The van der Waals surface area contributed by atoms with E-state index in [4.69, 9.17) is 16.3 Å². The van der Waals surface area contributed by atoms with Crippen molar-refractivity contribution < 1.29 is 27.5 Å². The Hall–Kier alpha value is -2.63. The van der Waals surface area contributed by atoms with Gasteiger partial charge in [-0.15, -0.1) is 6.58 Å². The van der Waals surface area contributed by atoms with Crippen LogP contribution in [0.2, 0.25) is 5.02 Å². The molecule has 2 heterocycles. The number of nitrogens with one attached hydrogen (secondary N) is 3. The lowest BCUT2D eigenvalue weighted by atomic mass is 10.1. The number of carbonyl (C=O) groups is 3. The van der Waals surface area contributed by atoms with E-state index in [1.165, 1.54) is 6.08 Å². The van der Waals surface area contributed by atoms with Crippen LogP contribution in [0, 0.1) is 5.92 Å². The van der Waals surface area contributed by atoms with Crippen molar-refractivity contribution in [2.45, 2.75) is 61.7 Å². The number of benzene rings is 1. The van der Waals surface area contributed by atoms with Crippen molar-refractivity contribution >= 4 is 39.5 Å². The Morgan fingerprint density at radius 2 is 2.03 bits per heavy atom. The smallest absolute Gasteiger partial charge is 0.410 e. The third kappa shape index (κ3) is 4.64. The van der Waals surface area contributed by atoms with E-state index in [2.05, 4.69) is 21.9 Å². The van der Waals surface area contributed by atoms with Crippen LogP contribution in [0.5, 0.6) is 0 Å². The maximum absolute atomic E-state index is 12.9. The zero-order valence-electron chi connectivity index (χ0n) is 19.0. The van der Waals surface area contributed by atoms with Crippen LogP contribution in [-0.2, 0) is 37.4 Å². The minimum atomic E-state index is -3.74. The second-order valence-corrected chi connectivity index (χ2v) is 12.0. The maximum atomic E-state index is 12.9. The predicted octanol–water partition coefficient (Wildman–Crippen LogP) is 1.19. The fourth-order valence-corrected chi connectivity index (χ4v) is 6.36. The van der Waals surface area contributed by atoms with Crippen LogP contribution in [-0.4, -0.2) is 60.7 Å². The van der Waals surface area contributed by atoms with E-state index in [-0.39, 0.29) is 25.3 Å². The highest BCUT2D eigenvalue weighted by Gasteiger charge is 2.61. The zero-order chi connectivity index (χ0) is 25.0. The topological polar surface area (TPSA) is 134 Å². The molecule has 1 saturated heterocycles. The molecule has 35 heavy (non-hydrogen) atoms. The molecule has 1 aromatic carbocycles. The van der Waals surface area contributed by atoms with E-state index in [9.17, 15) is 22.8 Å². The molecular weight excluding hydrogens is 496 g/mol. The number of rotatable bonds is 7. The van der Waals surface area contributed by atoms with Crippen molar-refractivity contribution in [2.75, 3.05) is 6.54 Å². The monoisotopic (exact) mass is 522 g/mol. The zero-order valence-corrected chi connectivity index (χ0v) is 20.5. The summed E-state index contributed by atoms with van der Waals surface area (Å²) >= 11 is 6.22. The van der Waals surface area contributed by atoms with Crippen LogP contribution in [0.3, 0.4) is 0 Å². The standard InChI is InChI=1S/C23H27ClN4O6S/c1-2-14-9-23(14,21(30)27-35(32,33)16-6-7-16)26-20(29)19-8-15(10-25-19)34-22(31)28-11-13-4-3-5-18(24)17(13)12-28/h2-5,14-16,19,25H,1,6-12H2,(H,26,29)(H,27,30)/t14-,15?,19?,23-/m1/s1. The normalized spacial score (nSPS) is 29.3. The summed E-state index contributed by atoms with van der Waals surface area (Å²) in [5, 5.41) is 5.81. The molecular formula is C23H27ClN4O6S. The molecule has 4 atom stereocenters.